The van der Waals surface area contributed by atoms with E-state index in [0.717, 1.165) is 5.56 Å². The molecule has 94 valence electrons. The maximum atomic E-state index is 11.6. The molecule has 0 saturated carbocycles. The minimum Gasteiger partial charge on any atom is -0.222 e. The van der Waals surface area contributed by atoms with Gasteiger partial charge in [-0.05, 0) is 31.2 Å². The molecule has 0 heterocycles. The standard InChI is InChI=1S/C13H12O3P.CH4/c1-11-7-9-13(10-8-11)16-17(14)15-12-5-3-2-4-6-12;/h2-10H,1H3;1H4/q+1;. The highest BCUT2D eigenvalue weighted by Gasteiger charge is 2.23. The van der Waals surface area contributed by atoms with Crippen LogP contribution in [-0.2, 0) is 4.57 Å². The van der Waals surface area contributed by atoms with Gasteiger partial charge >= 0.3 is 8.25 Å². The van der Waals surface area contributed by atoms with Crippen LogP contribution in [-0.4, -0.2) is 0 Å². The molecule has 0 aromatic heterocycles. The SMILES string of the molecule is C.Cc1ccc(O[P+](=O)Oc2ccccc2)cc1. The van der Waals surface area contributed by atoms with Crippen LogP contribution in [0.1, 0.15) is 13.0 Å². The van der Waals surface area contributed by atoms with E-state index in [9.17, 15) is 4.57 Å². The molecule has 0 N–H and O–H groups in total. The van der Waals surface area contributed by atoms with E-state index in [1.807, 2.05) is 37.3 Å². The first-order valence-electron chi connectivity index (χ1n) is 5.19. The van der Waals surface area contributed by atoms with Crippen molar-refractivity contribution in [3.05, 3.63) is 60.2 Å². The minimum absolute atomic E-state index is 0. The fourth-order valence-corrected chi connectivity index (χ4v) is 1.90. The van der Waals surface area contributed by atoms with Gasteiger partial charge in [0.05, 0.1) is 0 Å². The smallest absolute Gasteiger partial charge is 0.222 e. The highest BCUT2D eigenvalue weighted by atomic mass is 31.1. The molecular formula is C14H16O3P+. The summed E-state index contributed by atoms with van der Waals surface area (Å²) in [6, 6.07) is 16.2. The van der Waals surface area contributed by atoms with E-state index in [1.54, 1.807) is 24.3 Å². The molecule has 0 spiro atoms. The average Bonchev–Trinajstić information content (AvgIpc) is 2.33. The Morgan fingerprint density at radius 1 is 0.833 bits per heavy atom. The van der Waals surface area contributed by atoms with Crippen LogP contribution in [0.25, 0.3) is 0 Å². The number of hydrogen-bond donors (Lipinski definition) is 0. The third-order valence-electron chi connectivity index (χ3n) is 2.12. The molecule has 1 atom stereocenters. The van der Waals surface area contributed by atoms with Gasteiger partial charge in [-0.15, -0.1) is 0 Å². The van der Waals surface area contributed by atoms with Crippen molar-refractivity contribution in [1.82, 2.24) is 0 Å². The largest absolute Gasteiger partial charge is 0.805 e. The highest BCUT2D eigenvalue weighted by Crippen LogP contribution is 2.30. The molecule has 3 nitrogen and oxygen atoms in total. The molecule has 0 aliphatic heterocycles. The molecule has 2 aromatic rings. The third kappa shape index (κ3) is 4.19. The second-order valence-corrected chi connectivity index (χ2v) is 4.34. The van der Waals surface area contributed by atoms with Crippen molar-refractivity contribution in [2.75, 3.05) is 0 Å². The van der Waals surface area contributed by atoms with Gasteiger partial charge in [0.15, 0.2) is 11.5 Å². The van der Waals surface area contributed by atoms with E-state index in [0.29, 0.717) is 11.5 Å². The molecule has 2 rings (SSSR count). The molecule has 0 aliphatic carbocycles. The first-order chi connectivity index (χ1) is 8.24. The Morgan fingerprint density at radius 2 is 1.33 bits per heavy atom. The zero-order valence-corrected chi connectivity index (χ0v) is 10.3. The summed E-state index contributed by atoms with van der Waals surface area (Å²) in [5.41, 5.74) is 1.12. The zero-order chi connectivity index (χ0) is 12.1. The Kier molecular flexibility index (Phi) is 5.34. The maximum absolute atomic E-state index is 11.6. The zero-order valence-electron chi connectivity index (χ0n) is 9.37. The summed E-state index contributed by atoms with van der Waals surface area (Å²) in [4.78, 5) is 0. The summed E-state index contributed by atoms with van der Waals surface area (Å²) >= 11 is 0. The number of benzene rings is 2. The van der Waals surface area contributed by atoms with Gasteiger partial charge in [-0.2, -0.15) is 0 Å². The van der Waals surface area contributed by atoms with E-state index in [1.165, 1.54) is 0 Å². The number of para-hydroxylation sites is 1. The Bertz CT molecular complexity index is 494. The van der Waals surface area contributed by atoms with Gasteiger partial charge in [-0.1, -0.05) is 43.3 Å². The summed E-state index contributed by atoms with van der Waals surface area (Å²) in [7, 11) is -2.19. The number of aryl methyl sites for hydroxylation is 1. The van der Waals surface area contributed by atoms with E-state index in [-0.39, 0.29) is 7.43 Å². The average molecular weight is 263 g/mol. The van der Waals surface area contributed by atoms with Gasteiger partial charge in [0.1, 0.15) is 0 Å². The lowest BCUT2D eigenvalue weighted by Crippen LogP contribution is -1.88. The maximum Gasteiger partial charge on any atom is 0.805 e. The van der Waals surface area contributed by atoms with Crippen LogP contribution >= 0.6 is 8.25 Å². The van der Waals surface area contributed by atoms with Gasteiger partial charge in [-0.3, -0.25) is 0 Å². The molecule has 2 aromatic carbocycles. The molecule has 0 bridgehead atoms. The molecule has 0 amide bonds. The quantitative estimate of drug-likeness (QED) is 0.747. The third-order valence-corrected chi connectivity index (χ3v) is 2.84. The van der Waals surface area contributed by atoms with Crippen molar-refractivity contribution in [3.63, 3.8) is 0 Å². The molecule has 4 heteroatoms. The normalized spacial score (nSPS) is 10.2. The monoisotopic (exact) mass is 263 g/mol. The van der Waals surface area contributed by atoms with Gasteiger partial charge in [0.25, 0.3) is 0 Å². The van der Waals surface area contributed by atoms with E-state index in [4.69, 9.17) is 9.05 Å². The summed E-state index contributed by atoms with van der Waals surface area (Å²) in [5, 5.41) is 0. The molecule has 0 saturated heterocycles. The van der Waals surface area contributed by atoms with Crippen LogP contribution < -0.4 is 9.05 Å². The van der Waals surface area contributed by atoms with Crippen molar-refractivity contribution in [2.45, 2.75) is 14.4 Å². The first kappa shape index (κ1) is 14.2. The number of rotatable bonds is 4. The molecule has 0 fully saturated rings. The van der Waals surface area contributed by atoms with Gasteiger partial charge in [-0.25, -0.2) is 9.05 Å². The molecule has 0 radical (unpaired) electrons. The lowest BCUT2D eigenvalue weighted by molar-refractivity contribution is 0.415. The minimum atomic E-state index is -2.19. The summed E-state index contributed by atoms with van der Waals surface area (Å²) < 4.78 is 21.9. The Balaban J connectivity index is 0.00000162. The van der Waals surface area contributed by atoms with Crippen LogP contribution in [0.15, 0.2) is 54.6 Å². The van der Waals surface area contributed by atoms with Crippen molar-refractivity contribution < 1.29 is 13.6 Å². The lowest BCUT2D eigenvalue weighted by Gasteiger charge is -1.94. The van der Waals surface area contributed by atoms with Crippen LogP contribution in [0.5, 0.6) is 11.5 Å². The van der Waals surface area contributed by atoms with Crippen molar-refractivity contribution in [1.29, 1.82) is 0 Å². The van der Waals surface area contributed by atoms with Gasteiger partial charge < -0.3 is 0 Å². The van der Waals surface area contributed by atoms with E-state index in [2.05, 4.69) is 0 Å². The topological polar surface area (TPSA) is 35.5 Å². The van der Waals surface area contributed by atoms with E-state index < -0.39 is 8.25 Å². The van der Waals surface area contributed by atoms with Crippen LogP contribution in [0.4, 0.5) is 0 Å². The lowest BCUT2D eigenvalue weighted by atomic mass is 10.2. The highest BCUT2D eigenvalue weighted by molar-refractivity contribution is 7.34. The van der Waals surface area contributed by atoms with Crippen molar-refractivity contribution >= 4 is 8.25 Å². The predicted octanol–water partition coefficient (Wildman–Crippen LogP) is 4.75. The van der Waals surface area contributed by atoms with Crippen molar-refractivity contribution in [2.24, 2.45) is 0 Å². The van der Waals surface area contributed by atoms with Gasteiger partial charge in [0.2, 0.25) is 0 Å². The fraction of sp³-hybridized carbons (Fsp3) is 0.143. The second kappa shape index (κ2) is 6.77. The summed E-state index contributed by atoms with van der Waals surface area (Å²) in [6.45, 7) is 1.98. The fourth-order valence-electron chi connectivity index (χ4n) is 1.27. The van der Waals surface area contributed by atoms with Crippen LogP contribution in [0, 0.1) is 6.92 Å². The molecule has 18 heavy (non-hydrogen) atoms. The predicted molar refractivity (Wildman–Crippen MR) is 73.2 cm³/mol. The van der Waals surface area contributed by atoms with Gasteiger partial charge in [0, 0.05) is 4.57 Å². The molecular weight excluding hydrogens is 247 g/mol. The Hall–Kier alpha value is -1.86. The van der Waals surface area contributed by atoms with Crippen molar-refractivity contribution in [3.8, 4) is 11.5 Å². The summed E-state index contributed by atoms with van der Waals surface area (Å²) in [6.07, 6.45) is 0. The number of hydrogen-bond acceptors (Lipinski definition) is 3. The van der Waals surface area contributed by atoms with E-state index >= 15 is 0 Å². The van der Waals surface area contributed by atoms with Crippen LogP contribution in [0.2, 0.25) is 0 Å². The molecule has 0 aliphatic rings. The van der Waals surface area contributed by atoms with Crippen LogP contribution in [0.3, 0.4) is 0 Å². The Morgan fingerprint density at radius 3 is 1.89 bits per heavy atom. The molecule has 1 unspecified atom stereocenters. The summed E-state index contributed by atoms with van der Waals surface area (Å²) in [5.74, 6) is 1.06. The first-order valence-corrected chi connectivity index (χ1v) is 6.28. The second-order valence-electron chi connectivity index (χ2n) is 3.53. The Labute approximate surface area is 108 Å².